The Kier molecular flexibility index (Phi) is 10.5. The van der Waals surface area contributed by atoms with Crippen LogP contribution < -0.4 is 19.1 Å². The van der Waals surface area contributed by atoms with Gasteiger partial charge in [-0.3, -0.25) is 13.9 Å². The zero-order valence-electron chi connectivity index (χ0n) is 24.4. The van der Waals surface area contributed by atoms with Crippen molar-refractivity contribution < 1.29 is 27.5 Å². The Morgan fingerprint density at radius 3 is 2.29 bits per heavy atom. The predicted molar refractivity (Wildman–Crippen MR) is 163 cm³/mol. The molecule has 0 aliphatic carbocycles. The third-order valence-corrected chi connectivity index (χ3v) is 8.21. The largest absolute Gasteiger partial charge is 0.486 e. The fourth-order valence-electron chi connectivity index (χ4n) is 4.75. The number of carbonyl (C=O) groups excluding carboxylic acids is 2. The number of fused-ring (bicyclic) bond motifs is 1. The molecule has 0 aromatic heterocycles. The van der Waals surface area contributed by atoms with E-state index < -0.39 is 28.5 Å². The van der Waals surface area contributed by atoms with Gasteiger partial charge in [-0.2, -0.15) is 0 Å². The molecule has 0 saturated heterocycles. The maximum Gasteiger partial charge on any atom is 0.244 e. The zero-order chi connectivity index (χ0) is 30.1. The van der Waals surface area contributed by atoms with E-state index in [9.17, 15) is 18.0 Å². The Morgan fingerprint density at radius 2 is 1.62 bits per heavy atom. The van der Waals surface area contributed by atoms with Gasteiger partial charge in [-0.25, -0.2) is 8.42 Å². The number of hydrogen-bond donors (Lipinski definition) is 1. The number of carbonyl (C=O) groups is 2. The van der Waals surface area contributed by atoms with E-state index in [2.05, 4.69) is 5.32 Å². The number of ether oxygens (including phenoxy) is 2. The van der Waals surface area contributed by atoms with Crippen molar-refractivity contribution in [3.05, 3.63) is 89.5 Å². The summed E-state index contributed by atoms with van der Waals surface area (Å²) in [7, 11) is -3.89. The van der Waals surface area contributed by atoms with Crippen molar-refractivity contribution in [2.75, 3.05) is 36.9 Å². The van der Waals surface area contributed by atoms with Crippen LogP contribution in [0.25, 0.3) is 0 Å². The first-order valence-corrected chi connectivity index (χ1v) is 16.0. The van der Waals surface area contributed by atoms with Crippen molar-refractivity contribution >= 4 is 27.5 Å². The van der Waals surface area contributed by atoms with Gasteiger partial charge in [0.25, 0.3) is 0 Å². The van der Waals surface area contributed by atoms with Gasteiger partial charge in [0, 0.05) is 25.6 Å². The van der Waals surface area contributed by atoms with Crippen LogP contribution in [-0.4, -0.2) is 63.7 Å². The molecule has 42 heavy (non-hydrogen) atoms. The number of amides is 2. The molecule has 0 spiro atoms. The van der Waals surface area contributed by atoms with Crippen molar-refractivity contribution in [1.82, 2.24) is 10.2 Å². The van der Waals surface area contributed by atoms with Gasteiger partial charge >= 0.3 is 0 Å². The molecule has 1 aliphatic rings. The Hall–Kier alpha value is -4.05. The molecule has 1 N–H and O–H groups in total. The van der Waals surface area contributed by atoms with Crippen LogP contribution in [0.5, 0.6) is 11.5 Å². The second kappa shape index (κ2) is 14.2. The summed E-state index contributed by atoms with van der Waals surface area (Å²) in [5.41, 5.74) is 3.06. The Morgan fingerprint density at radius 1 is 0.929 bits per heavy atom. The quantitative estimate of drug-likeness (QED) is 0.300. The monoisotopic (exact) mass is 593 g/mol. The van der Waals surface area contributed by atoms with Gasteiger partial charge in [0.15, 0.2) is 11.5 Å². The van der Waals surface area contributed by atoms with Crippen molar-refractivity contribution in [1.29, 1.82) is 0 Å². The van der Waals surface area contributed by atoms with Crippen molar-refractivity contribution in [2.24, 2.45) is 0 Å². The summed E-state index contributed by atoms with van der Waals surface area (Å²) >= 11 is 0. The number of unbranched alkanes of at least 4 members (excludes halogenated alkanes) is 1. The molecular formula is C32H39N3O6S. The molecule has 0 fully saturated rings. The first kappa shape index (κ1) is 30.9. The highest BCUT2D eigenvalue weighted by Crippen LogP contribution is 2.34. The highest BCUT2D eigenvalue weighted by Gasteiger charge is 2.33. The van der Waals surface area contributed by atoms with Crippen LogP contribution in [0.3, 0.4) is 0 Å². The number of nitrogens with zero attached hydrogens (tertiary/aromatic N) is 2. The normalized spacial score (nSPS) is 13.2. The van der Waals surface area contributed by atoms with Crippen molar-refractivity contribution in [3.8, 4) is 11.5 Å². The number of anilines is 1. The van der Waals surface area contributed by atoms with E-state index >= 15 is 0 Å². The smallest absolute Gasteiger partial charge is 0.244 e. The molecule has 0 bridgehead atoms. The Labute approximate surface area is 248 Å². The van der Waals surface area contributed by atoms with Crippen LogP contribution in [-0.2, 0) is 32.6 Å². The van der Waals surface area contributed by atoms with Crippen molar-refractivity contribution in [2.45, 2.75) is 45.7 Å². The lowest BCUT2D eigenvalue weighted by molar-refractivity contribution is -0.140. The summed E-state index contributed by atoms with van der Waals surface area (Å²) < 4.78 is 38.3. The first-order chi connectivity index (χ1) is 20.2. The average Bonchev–Trinajstić information content (AvgIpc) is 2.98. The minimum atomic E-state index is -3.89. The number of rotatable bonds is 13. The first-order valence-electron chi connectivity index (χ1n) is 14.2. The van der Waals surface area contributed by atoms with Gasteiger partial charge < -0.3 is 19.7 Å². The number of hydrogen-bond acceptors (Lipinski definition) is 6. The number of aryl methyl sites for hydroxylation is 1. The lowest BCUT2D eigenvalue weighted by Gasteiger charge is -2.33. The van der Waals surface area contributed by atoms with Crippen LogP contribution >= 0.6 is 0 Å². The maximum atomic E-state index is 14.2. The molecule has 1 unspecified atom stereocenters. The summed E-state index contributed by atoms with van der Waals surface area (Å²) in [6, 6.07) is 21.2. The Bertz CT molecular complexity index is 1460. The van der Waals surface area contributed by atoms with Crippen LogP contribution in [0.15, 0.2) is 72.8 Å². The molecule has 1 aliphatic heterocycles. The summed E-state index contributed by atoms with van der Waals surface area (Å²) in [6.07, 6.45) is 3.05. The van der Waals surface area contributed by atoms with E-state index in [0.717, 1.165) is 40.1 Å². The predicted octanol–water partition coefficient (Wildman–Crippen LogP) is 4.09. The number of nitrogens with one attached hydrogen (secondary N) is 1. The van der Waals surface area contributed by atoms with Crippen LogP contribution in [0.2, 0.25) is 0 Å². The molecule has 0 radical (unpaired) electrons. The number of sulfonamides is 1. The van der Waals surface area contributed by atoms with Crippen molar-refractivity contribution in [3.63, 3.8) is 0 Å². The molecule has 10 heteroatoms. The molecule has 3 aromatic rings. The summed E-state index contributed by atoms with van der Waals surface area (Å²) in [4.78, 5) is 29.3. The molecule has 224 valence electrons. The van der Waals surface area contributed by atoms with E-state index in [1.807, 2.05) is 68.4 Å². The minimum Gasteiger partial charge on any atom is -0.486 e. The molecule has 1 heterocycles. The third-order valence-electron chi connectivity index (χ3n) is 7.07. The van der Waals surface area contributed by atoms with Gasteiger partial charge in [0.1, 0.15) is 25.8 Å². The minimum absolute atomic E-state index is 0.135. The van der Waals surface area contributed by atoms with E-state index in [-0.39, 0.29) is 24.6 Å². The molecule has 2 amide bonds. The highest BCUT2D eigenvalue weighted by atomic mass is 32.2. The molecule has 4 rings (SSSR count). The van der Waals surface area contributed by atoms with Gasteiger partial charge in [-0.1, -0.05) is 73.5 Å². The van der Waals surface area contributed by atoms with Gasteiger partial charge in [-0.15, -0.1) is 0 Å². The lowest BCUT2D eigenvalue weighted by Crippen LogP contribution is -2.53. The molecule has 9 nitrogen and oxygen atoms in total. The fourth-order valence-corrected chi connectivity index (χ4v) is 5.59. The molecular weight excluding hydrogens is 554 g/mol. The topological polar surface area (TPSA) is 105 Å². The summed E-state index contributed by atoms with van der Waals surface area (Å²) in [6.45, 7) is 4.89. The van der Waals surface area contributed by atoms with E-state index in [1.54, 1.807) is 18.2 Å². The second-order valence-corrected chi connectivity index (χ2v) is 12.4. The second-order valence-electron chi connectivity index (χ2n) is 10.5. The Balaban J connectivity index is 1.70. The highest BCUT2D eigenvalue weighted by molar-refractivity contribution is 7.92. The van der Waals surface area contributed by atoms with E-state index in [0.29, 0.717) is 31.3 Å². The number of benzene rings is 3. The van der Waals surface area contributed by atoms with Gasteiger partial charge in [0.05, 0.1) is 11.9 Å². The van der Waals surface area contributed by atoms with E-state index in [4.69, 9.17) is 9.47 Å². The fraction of sp³-hybridized carbons (Fsp3) is 0.375. The lowest BCUT2D eigenvalue weighted by atomic mass is 10.0. The van der Waals surface area contributed by atoms with Gasteiger partial charge in [0.2, 0.25) is 21.8 Å². The van der Waals surface area contributed by atoms with Crippen LogP contribution in [0, 0.1) is 6.92 Å². The summed E-state index contributed by atoms with van der Waals surface area (Å²) in [5, 5.41) is 2.99. The standard InChI is InChI=1S/C32H39N3O6S/c1-4-5-17-33-32(37)28(20-25-9-7-6-8-10-25)34(22-26-13-11-24(2)12-14-26)31(36)23-35(42(3,38)39)27-15-16-29-30(21-27)41-19-18-40-29/h6-16,21,28H,4-5,17-20,22-23H2,1-3H3,(H,33,37). The SMILES string of the molecule is CCCCNC(=O)C(Cc1ccccc1)N(Cc1ccc(C)cc1)C(=O)CN(c1ccc2c(c1)OCCO2)S(C)(=O)=O. The molecule has 3 aromatic carbocycles. The van der Waals surface area contributed by atoms with E-state index in [1.165, 1.54) is 4.90 Å². The van der Waals surface area contributed by atoms with Crippen LogP contribution in [0.1, 0.15) is 36.5 Å². The zero-order valence-corrected chi connectivity index (χ0v) is 25.2. The van der Waals surface area contributed by atoms with Gasteiger partial charge in [-0.05, 0) is 36.6 Å². The molecule has 0 saturated carbocycles. The summed E-state index contributed by atoms with van der Waals surface area (Å²) in [5.74, 6) is 0.145. The average molecular weight is 594 g/mol. The maximum absolute atomic E-state index is 14.2. The third kappa shape index (κ3) is 8.25. The molecule has 1 atom stereocenters. The van der Waals surface area contributed by atoms with Crippen LogP contribution in [0.4, 0.5) is 5.69 Å².